The Labute approximate surface area is 174 Å². The van der Waals surface area contributed by atoms with Gasteiger partial charge in [0.05, 0.1) is 33.3 Å². The molecule has 0 aromatic heterocycles. The van der Waals surface area contributed by atoms with Crippen LogP contribution >= 0.6 is 0 Å². The summed E-state index contributed by atoms with van der Waals surface area (Å²) in [6, 6.07) is 6.16. The number of rotatable bonds is 7. The molecule has 0 fully saturated rings. The van der Waals surface area contributed by atoms with Gasteiger partial charge in [-0.25, -0.2) is 8.42 Å². The quantitative estimate of drug-likeness (QED) is 0.699. The molecule has 2 aromatic rings. The summed E-state index contributed by atoms with van der Waals surface area (Å²) in [6.07, 6.45) is -0.0449. The van der Waals surface area contributed by atoms with Gasteiger partial charge in [0.15, 0.2) is 11.5 Å². The van der Waals surface area contributed by atoms with Crippen molar-refractivity contribution in [1.82, 2.24) is 4.31 Å². The van der Waals surface area contributed by atoms with Crippen LogP contribution < -0.4 is 18.9 Å². The maximum Gasteiger partial charge on any atom is 0.322 e. The van der Waals surface area contributed by atoms with Gasteiger partial charge in [0.2, 0.25) is 15.8 Å². The highest BCUT2D eigenvalue weighted by molar-refractivity contribution is 7.89. The first-order valence-corrected chi connectivity index (χ1v) is 10.4. The number of ether oxygens (including phenoxy) is 4. The summed E-state index contributed by atoms with van der Waals surface area (Å²) in [5.74, 6) is 0.251. The SMILES string of the molecule is COc1ccc(S(=O)(=O)N2Cc3c(cc(OC)c(OC)c3OC)CC2C(=O)O)cc1. The number of hydrogen-bond acceptors (Lipinski definition) is 7. The largest absolute Gasteiger partial charge is 0.497 e. The molecule has 1 aliphatic heterocycles. The molecule has 9 nitrogen and oxygen atoms in total. The maximum atomic E-state index is 13.3. The lowest BCUT2D eigenvalue weighted by molar-refractivity contribution is -0.141. The summed E-state index contributed by atoms with van der Waals surface area (Å²) in [6.45, 7) is -0.190. The van der Waals surface area contributed by atoms with Crippen LogP contribution in [0.3, 0.4) is 0 Å². The number of carboxylic acid groups (broad SMARTS) is 1. The molecule has 1 aliphatic rings. The van der Waals surface area contributed by atoms with Gasteiger partial charge in [-0.05, 0) is 35.9 Å². The number of aliphatic carboxylic acids is 1. The summed E-state index contributed by atoms with van der Waals surface area (Å²) in [5.41, 5.74) is 1.16. The van der Waals surface area contributed by atoms with Gasteiger partial charge in [-0.1, -0.05) is 0 Å². The number of carboxylic acids is 1. The highest BCUT2D eigenvalue weighted by Gasteiger charge is 2.41. The third-order valence-electron chi connectivity index (χ3n) is 5.05. The van der Waals surface area contributed by atoms with Crippen molar-refractivity contribution in [3.8, 4) is 23.0 Å². The van der Waals surface area contributed by atoms with E-state index in [1.54, 1.807) is 6.07 Å². The molecule has 1 N–H and O–H groups in total. The number of nitrogens with zero attached hydrogens (tertiary/aromatic N) is 1. The Morgan fingerprint density at radius 1 is 1.00 bits per heavy atom. The Hall–Kier alpha value is -2.98. The Kier molecular flexibility index (Phi) is 6.09. The summed E-state index contributed by atoms with van der Waals surface area (Å²) < 4.78 is 48.9. The van der Waals surface area contributed by atoms with Crippen molar-refractivity contribution in [2.45, 2.75) is 23.9 Å². The number of fused-ring (bicyclic) bond motifs is 1. The first-order valence-electron chi connectivity index (χ1n) is 8.97. The van der Waals surface area contributed by atoms with E-state index in [9.17, 15) is 18.3 Å². The average molecular weight is 437 g/mol. The van der Waals surface area contributed by atoms with E-state index in [-0.39, 0.29) is 17.9 Å². The number of carbonyl (C=O) groups is 1. The summed E-state index contributed by atoms with van der Waals surface area (Å²) >= 11 is 0. The lowest BCUT2D eigenvalue weighted by Gasteiger charge is -2.34. The molecule has 30 heavy (non-hydrogen) atoms. The van der Waals surface area contributed by atoms with Crippen LogP contribution in [-0.2, 0) is 27.8 Å². The zero-order chi connectivity index (χ0) is 22.1. The predicted octanol–water partition coefficient (Wildman–Crippen LogP) is 1.92. The Morgan fingerprint density at radius 2 is 1.63 bits per heavy atom. The van der Waals surface area contributed by atoms with E-state index in [0.717, 1.165) is 4.31 Å². The lowest BCUT2D eigenvalue weighted by Crippen LogP contribution is -2.48. The van der Waals surface area contributed by atoms with Gasteiger partial charge in [-0.2, -0.15) is 4.31 Å². The van der Waals surface area contributed by atoms with Gasteiger partial charge in [-0.3, -0.25) is 4.79 Å². The number of benzene rings is 2. The van der Waals surface area contributed by atoms with Gasteiger partial charge in [0.1, 0.15) is 11.8 Å². The van der Waals surface area contributed by atoms with Crippen LogP contribution in [0.25, 0.3) is 0 Å². The molecule has 2 aromatic carbocycles. The topological polar surface area (TPSA) is 112 Å². The summed E-state index contributed by atoms with van der Waals surface area (Å²) in [4.78, 5) is 11.9. The Balaban J connectivity index is 2.14. The highest BCUT2D eigenvalue weighted by atomic mass is 32.2. The maximum absolute atomic E-state index is 13.3. The van der Waals surface area contributed by atoms with Crippen molar-refractivity contribution in [3.63, 3.8) is 0 Å². The van der Waals surface area contributed by atoms with E-state index in [0.29, 0.717) is 34.1 Å². The molecule has 0 saturated carbocycles. The molecule has 1 unspecified atom stereocenters. The molecular weight excluding hydrogens is 414 g/mol. The smallest absolute Gasteiger partial charge is 0.322 e. The van der Waals surface area contributed by atoms with E-state index >= 15 is 0 Å². The summed E-state index contributed by atoms with van der Waals surface area (Å²) in [5, 5.41) is 9.77. The fourth-order valence-corrected chi connectivity index (χ4v) is 5.09. The molecule has 0 bridgehead atoms. The third-order valence-corrected chi connectivity index (χ3v) is 6.92. The van der Waals surface area contributed by atoms with Gasteiger partial charge in [0.25, 0.3) is 0 Å². The van der Waals surface area contributed by atoms with Crippen molar-refractivity contribution in [1.29, 1.82) is 0 Å². The fourth-order valence-electron chi connectivity index (χ4n) is 3.54. The van der Waals surface area contributed by atoms with Crippen molar-refractivity contribution in [2.24, 2.45) is 0 Å². The van der Waals surface area contributed by atoms with Crippen LogP contribution in [0.5, 0.6) is 23.0 Å². The first-order chi connectivity index (χ1) is 14.3. The molecule has 0 saturated heterocycles. The van der Waals surface area contributed by atoms with E-state index in [4.69, 9.17) is 18.9 Å². The lowest BCUT2D eigenvalue weighted by atomic mass is 9.94. The normalized spacial score (nSPS) is 16.5. The molecule has 0 aliphatic carbocycles. The molecule has 3 rings (SSSR count). The van der Waals surface area contributed by atoms with Crippen LogP contribution in [0.2, 0.25) is 0 Å². The van der Waals surface area contributed by atoms with Crippen LogP contribution in [0, 0.1) is 0 Å². The molecule has 1 heterocycles. The fraction of sp³-hybridized carbons (Fsp3) is 0.350. The zero-order valence-electron chi connectivity index (χ0n) is 17.0. The zero-order valence-corrected chi connectivity index (χ0v) is 17.9. The molecule has 0 spiro atoms. The molecule has 0 amide bonds. The highest BCUT2D eigenvalue weighted by Crippen LogP contribution is 2.45. The van der Waals surface area contributed by atoms with Crippen LogP contribution in [0.4, 0.5) is 0 Å². The van der Waals surface area contributed by atoms with Gasteiger partial charge >= 0.3 is 5.97 Å². The molecule has 0 radical (unpaired) electrons. The van der Waals surface area contributed by atoms with Crippen LogP contribution in [0.1, 0.15) is 11.1 Å². The second-order valence-electron chi connectivity index (χ2n) is 6.57. The van der Waals surface area contributed by atoms with Crippen LogP contribution in [0.15, 0.2) is 35.2 Å². The summed E-state index contributed by atoms with van der Waals surface area (Å²) in [7, 11) is 1.70. The molecular formula is C20H23NO8S. The number of sulfonamides is 1. The van der Waals surface area contributed by atoms with E-state index in [1.807, 2.05) is 0 Å². The third kappa shape index (κ3) is 3.63. The minimum atomic E-state index is -4.11. The van der Waals surface area contributed by atoms with E-state index in [1.165, 1.54) is 52.7 Å². The molecule has 162 valence electrons. The van der Waals surface area contributed by atoms with Crippen molar-refractivity contribution >= 4 is 16.0 Å². The monoisotopic (exact) mass is 437 g/mol. The van der Waals surface area contributed by atoms with Crippen molar-refractivity contribution < 1.29 is 37.3 Å². The minimum absolute atomic E-state index is 0.0301. The van der Waals surface area contributed by atoms with Gasteiger partial charge < -0.3 is 24.1 Å². The molecule has 10 heteroatoms. The van der Waals surface area contributed by atoms with Crippen LogP contribution in [-0.4, -0.2) is 58.3 Å². The Bertz CT molecular complexity index is 1050. The van der Waals surface area contributed by atoms with Gasteiger partial charge in [0, 0.05) is 18.5 Å². The minimum Gasteiger partial charge on any atom is -0.497 e. The van der Waals surface area contributed by atoms with Crippen molar-refractivity contribution in [2.75, 3.05) is 28.4 Å². The standard InChI is InChI=1S/C20H23NO8S/c1-26-13-5-7-14(8-6-13)30(24,25)21-11-15-12(9-16(21)20(22)23)10-17(27-2)19(29-4)18(15)28-3/h5-8,10,16H,9,11H2,1-4H3,(H,22,23). The molecule has 1 atom stereocenters. The second-order valence-corrected chi connectivity index (χ2v) is 8.46. The first kappa shape index (κ1) is 21.7. The number of hydrogen-bond donors (Lipinski definition) is 1. The predicted molar refractivity (Wildman–Crippen MR) is 107 cm³/mol. The van der Waals surface area contributed by atoms with Crippen molar-refractivity contribution in [3.05, 3.63) is 41.5 Å². The van der Waals surface area contributed by atoms with E-state index in [2.05, 4.69) is 0 Å². The van der Waals surface area contributed by atoms with E-state index < -0.39 is 22.0 Å². The number of methoxy groups -OCH3 is 4. The second kappa shape index (κ2) is 8.41. The average Bonchev–Trinajstić information content (AvgIpc) is 2.76. The van der Waals surface area contributed by atoms with Gasteiger partial charge in [-0.15, -0.1) is 0 Å². The Morgan fingerprint density at radius 3 is 2.13 bits per heavy atom.